The fourth-order valence-corrected chi connectivity index (χ4v) is 5.20. The highest BCUT2D eigenvalue weighted by atomic mass is 32.2. The topological polar surface area (TPSA) is 301 Å². The van der Waals surface area contributed by atoms with E-state index in [1.807, 2.05) is 13.0 Å². The molecular weight excluding hydrogens is 687 g/mol. The van der Waals surface area contributed by atoms with Gasteiger partial charge in [0, 0.05) is 18.2 Å². The Morgan fingerprint density at radius 1 is 0.745 bits per heavy atom. The molecule has 7 N–H and O–H groups in total. The summed E-state index contributed by atoms with van der Waals surface area (Å²) in [5.41, 5.74) is 13.2. The highest BCUT2D eigenvalue weighted by Crippen LogP contribution is 2.34. The summed E-state index contributed by atoms with van der Waals surface area (Å²) in [7, 11) is -12.8. The van der Waals surface area contributed by atoms with Gasteiger partial charge in [0.15, 0.2) is 0 Å². The lowest BCUT2D eigenvalue weighted by atomic mass is 10.1. The number of hydrogen-bond donors (Lipinski definition) is 5. The molecule has 3 aromatic carbocycles. The van der Waals surface area contributed by atoms with E-state index in [-0.39, 0.29) is 54.6 Å². The molecule has 3 aromatic rings. The Labute approximate surface area is 270 Å². The van der Waals surface area contributed by atoms with Crippen LogP contribution in [0.3, 0.4) is 0 Å². The van der Waals surface area contributed by atoms with Crippen LogP contribution in [0.1, 0.15) is 24.0 Å². The number of nitrogens with two attached hydrogens (primary N) is 2. The minimum atomic E-state index is -4.82. The number of hydrogen-bond acceptors (Lipinski definition) is 14. The molecular formula is C26H33N5O13S3. The highest BCUT2D eigenvalue weighted by molar-refractivity contribution is 7.86. The summed E-state index contributed by atoms with van der Waals surface area (Å²) in [6, 6.07) is 10.9. The third-order valence-electron chi connectivity index (χ3n) is 5.80. The summed E-state index contributed by atoms with van der Waals surface area (Å²) >= 11 is 0. The lowest BCUT2D eigenvalue weighted by molar-refractivity contribution is -0.385. The van der Waals surface area contributed by atoms with E-state index in [1.54, 1.807) is 19.1 Å². The van der Waals surface area contributed by atoms with E-state index in [9.17, 15) is 39.9 Å². The van der Waals surface area contributed by atoms with Gasteiger partial charge in [-0.05, 0) is 62.1 Å². The molecule has 0 fully saturated rings. The van der Waals surface area contributed by atoms with Gasteiger partial charge in [-0.15, -0.1) is 5.11 Å². The first-order chi connectivity index (χ1) is 21.7. The average Bonchev–Trinajstić information content (AvgIpc) is 2.93. The molecule has 0 heterocycles. The van der Waals surface area contributed by atoms with Crippen LogP contribution in [-0.4, -0.2) is 68.6 Å². The van der Waals surface area contributed by atoms with E-state index in [4.69, 9.17) is 30.0 Å². The monoisotopic (exact) mass is 719 g/mol. The number of benzene rings is 3. The van der Waals surface area contributed by atoms with E-state index < -0.39 is 51.6 Å². The summed E-state index contributed by atoms with van der Waals surface area (Å²) in [6.45, 7) is 3.68. The standard InChI is InChI=1S/C16H18N4O9S2.C10H15NO4S/c1-10-7-12(17)15(29-5-2-6-30(23,24)25)9-14(10)19-18-13-4-3-11(20(21)22)8-16(13)31(26,27)28;1-8-3-4-10(9(11)7-8)15-5-2-6-16(12,13)14/h3-4,7-9H,2,5-6,17H2,1H3,(H,23,24,25)(H,26,27,28);3-4,7H,2,5-6,11H2,1H3,(H,12,13,14). The van der Waals surface area contributed by atoms with Crippen LogP contribution in [0.5, 0.6) is 11.5 Å². The van der Waals surface area contributed by atoms with Gasteiger partial charge in [-0.3, -0.25) is 23.8 Å². The number of azo groups is 1. The second-order valence-corrected chi connectivity index (χ2v) is 14.3. The smallest absolute Gasteiger partial charge is 0.297 e. The highest BCUT2D eigenvalue weighted by Gasteiger charge is 2.20. The molecule has 258 valence electrons. The maximum Gasteiger partial charge on any atom is 0.297 e. The molecule has 0 unspecified atom stereocenters. The van der Waals surface area contributed by atoms with Crippen molar-refractivity contribution in [2.24, 2.45) is 10.2 Å². The van der Waals surface area contributed by atoms with Crippen molar-refractivity contribution in [3.63, 3.8) is 0 Å². The summed E-state index contributed by atoms with van der Waals surface area (Å²) in [5, 5.41) is 18.5. The van der Waals surface area contributed by atoms with Gasteiger partial charge < -0.3 is 20.9 Å². The first kappa shape index (κ1) is 38.8. The van der Waals surface area contributed by atoms with Crippen LogP contribution in [0.4, 0.5) is 28.4 Å². The molecule has 0 radical (unpaired) electrons. The van der Waals surface area contributed by atoms with Crippen LogP contribution in [0.2, 0.25) is 0 Å². The van der Waals surface area contributed by atoms with Crippen molar-refractivity contribution in [1.82, 2.24) is 0 Å². The van der Waals surface area contributed by atoms with Crippen molar-refractivity contribution >= 4 is 58.8 Å². The molecule has 0 saturated carbocycles. The maximum absolute atomic E-state index is 11.6. The van der Waals surface area contributed by atoms with Crippen LogP contribution in [0.15, 0.2) is 63.7 Å². The van der Waals surface area contributed by atoms with Crippen LogP contribution in [0.25, 0.3) is 0 Å². The largest absolute Gasteiger partial charge is 0.491 e. The third-order valence-corrected chi connectivity index (χ3v) is 8.29. The summed E-state index contributed by atoms with van der Waals surface area (Å²) in [5.74, 6) is -0.127. The van der Waals surface area contributed by atoms with E-state index in [2.05, 4.69) is 10.2 Å². The van der Waals surface area contributed by atoms with Gasteiger partial charge in [0.2, 0.25) is 0 Å². The Morgan fingerprint density at radius 2 is 1.28 bits per heavy atom. The zero-order valence-corrected chi connectivity index (χ0v) is 27.5. The fraction of sp³-hybridized carbons (Fsp3) is 0.308. The molecule has 0 aliphatic rings. The number of ether oxygens (including phenoxy) is 2. The normalized spacial score (nSPS) is 11.9. The molecule has 21 heteroatoms. The number of non-ortho nitro benzene ring substituents is 1. The molecule has 0 saturated heterocycles. The van der Waals surface area contributed by atoms with E-state index in [0.29, 0.717) is 23.1 Å². The second-order valence-electron chi connectivity index (χ2n) is 9.78. The maximum atomic E-state index is 11.6. The molecule has 0 amide bonds. The minimum absolute atomic E-state index is 0.00349. The van der Waals surface area contributed by atoms with Gasteiger partial charge in [-0.2, -0.15) is 30.4 Å². The first-order valence-corrected chi connectivity index (χ1v) is 17.9. The predicted octanol–water partition coefficient (Wildman–Crippen LogP) is 4.04. The van der Waals surface area contributed by atoms with Crippen LogP contribution in [0, 0.1) is 24.0 Å². The Hall–Kier alpha value is -4.41. The third kappa shape index (κ3) is 13.9. The van der Waals surface area contributed by atoms with Crippen molar-refractivity contribution in [2.45, 2.75) is 31.6 Å². The fourth-order valence-electron chi connectivity index (χ4n) is 3.59. The molecule has 0 spiro atoms. The van der Waals surface area contributed by atoms with E-state index in [0.717, 1.165) is 17.7 Å². The van der Waals surface area contributed by atoms with Gasteiger partial charge in [-0.25, -0.2) is 0 Å². The van der Waals surface area contributed by atoms with Crippen molar-refractivity contribution in [1.29, 1.82) is 0 Å². The van der Waals surface area contributed by atoms with Gasteiger partial charge in [0.25, 0.3) is 36.0 Å². The van der Waals surface area contributed by atoms with Crippen molar-refractivity contribution < 1.29 is 53.3 Å². The van der Waals surface area contributed by atoms with Gasteiger partial charge >= 0.3 is 0 Å². The quantitative estimate of drug-likeness (QED) is 0.0392. The summed E-state index contributed by atoms with van der Waals surface area (Å²) in [6.07, 6.45) is 0.232. The molecule has 47 heavy (non-hydrogen) atoms. The number of rotatable bonds is 14. The number of nitrogen functional groups attached to an aromatic ring is 2. The number of anilines is 2. The summed E-state index contributed by atoms with van der Waals surface area (Å²) < 4.78 is 103. The molecule has 0 atom stereocenters. The van der Waals surface area contributed by atoms with Crippen molar-refractivity contribution in [2.75, 3.05) is 36.2 Å². The van der Waals surface area contributed by atoms with Crippen molar-refractivity contribution in [3.05, 3.63) is 69.8 Å². The lowest BCUT2D eigenvalue weighted by Gasteiger charge is -2.11. The van der Waals surface area contributed by atoms with E-state index >= 15 is 0 Å². The molecule has 18 nitrogen and oxygen atoms in total. The minimum Gasteiger partial charge on any atom is -0.491 e. The molecule has 3 rings (SSSR count). The van der Waals surface area contributed by atoms with Crippen LogP contribution >= 0.6 is 0 Å². The Bertz CT molecular complexity index is 1950. The predicted molar refractivity (Wildman–Crippen MR) is 171 cm³/mol. The van der Waals surface area contributed by atoms with Gasteiger partial charge in [0.1, 0.15) is 22.1 Å². The number of nitro groups is 1. The van der Waals surface area contributed by atoms with Gasteiger partial charge in [0.05, 0.1) is 46.7 Å². The SMILES string of the molecule is Cc1cc(N)c(OCCCS(=O)(=O)O)cc1N=Nc1ccc([N+](=O)[O-])cc1S(=O)(=O)O.Cc1ccc(OCCCS(=O)(=O)O)c(N)c1. The van der Waals surface area contributed by atoms with E-state index in [1.165, 1.54) is 12.1 Å². The second kappa shape index (κ2) is 16.4. The number of nitro benzene ring substituents is 1. The van der Waals surface area contributed by atoms with Crippen LogP contribution < -0.4 is 20.9 Å². The average molecular weight is 720 g/mol. The number of nitrogens with zero attached hydrogens (tertiary/aromatic N) is 3. The molecule has 0 aliphatic carbocycles. The molecule has 0 bridgehead atoms. The Balaban J connectivity index is 0.000000403. The zero-order valence-electron chi connectivity index (χ0n) is 25.0. The molecule has 0 aromatic heterocycles. The van der Waals surface area contributed by atoms with Crippen LogP contribution in [-0.2, 0) is 30.4 Å². The van der Waals surface area contributed by atoms with Gasteiger partial charge in [-0.1, -0.05) is 6.07 Å². The zero-order chi connectivity index (χ0) is 35.6. The Morgan fingerprint density at radius 3 is 1.79 bits per heavy atom. The first-order valence-electron chi connectivity index (χ1n) is 13.3. The summed E-state index contributed by atoms with van der Waals surface area (Å²) in [4.78, 5) is 9.23. The molecule has 0 aliphatic heterocycles. The van der Waals surface area contributed by atoms with Crippen molar-refractivity contribution in [3.8, 4) is 11.5 Å². The number of aryl methyl sites for hydroxylation is 2. The Kier molecular flexibility index (Phi) is 13.5. The lowest BCUT2D eigenvalue weighted by Crippen LogP contribution is -2.09.